The summed E-state index contributed by atoms with van der Waals surface area (Å²) >= 11 is 6.15. The lowest BCUT2D eigenvalue weighted by Crippen LogP contribution is -2.30. The number of amides is 1. The average molecular weight is 494 g/mol. The maximum atomic E-state index is 13.7. The van der Waals surface area contributed by atoms with Gasteiger partial charge >= 0.3 is 0 Å². The molecule has 178 valence electrons. The Morgan fingerprint density at radius 1 is 1.11 bits per heavy atom. The molecule has 0 bridgehead atoms. The summed E-state index contributed by atoms with van der Waals surface area (Å²) in [7, 11) is 2.98. The molecule has 2 aromatic carbocycles. The molecule has 0 aliphatic carbocycles. The molecule has 2 aromatic heterocycles. The molecular formula is C26H20ClNO7. The van der Waals surface area contributed by atoms with E-state index in [1.807, 2.05) is 0 Å². The predicted octanol–water partition coefficient (Wildman–Crippen LogP) is 5.47. The first kappa shape index (κ1) is 22.6. The first-order valence-corrected chi connectivity index (χ1v) is 11.0. The maximum Gasteiger partial charge on any atom is 0.290 e. The van der Waals surface area contributed by atoms with Crippen LogP contribution in [0.4, 0.5) is 0 Å². The molecule has 0 radical (unpaired) electrons. The summed E-state index contributed by atoms with van der Waals surface area (Å²) in [6.45, 7) is 0.0398. The number of rotatable bonds is 7. The van der Waals surface area contributed by atoms with Crippen molar-refractivity contribution in [3.05, 3.63) is 94.3 Å². The minimum Gasteiger partial charge on any atom is -0.503 e. The number of methoxy groups -OCH3 is 2. The zero-order valence-corrected chi connectivity index (χ0v) is 19.5. The summed E-state index contributed by atoms with van der Waals surface area (Å²) in [4.78, 5) is 28.3. The average Bonchev–Trinajstić information content (AvgIpc) is 3.59. The Balaban J connectivity index is 1.63. The number of aliphatic hydroxyl groups excluding tert-OH is 1. The van der Waals surface area contributed by atoms with Crippen LogP contribution in [-0.2, 0) is 11.3 Å². The molecule has 1 atom stereocenters. The Kier molecular flexibility index (Phi) is 5.74. The molecule has 1 N–H and O–H groups in total. The fourth-order valence-corrected chi connectivity index (χ4v) is 4.48. The van der Waals surface area contributed by atoms with E-state index in [1.165, 1.54) is 31.4 Å². The highest BCUT2D eigenvalue weighted by Crippen LogP contribution is 2.42. The quantitative estimate of drug-likeness (QED) is 0.340. The lowest BCUT2D eigenvalue weighted by molar-refractivity contribution is -0.130. The highest BCUT2D eigenvalue weighted by atomic mass is 35.5. The van der Waals surface area contributed by atoms with Gasteiger partial charge in [0.25, 0.3) is 5.91 Å². The number of fused-ring (bicyclic) bond motifs is 1. The molecule has 1 aliphatic heterocycles. The van der Waals surface area contributed by atoms with Crippen molar-refractivity contribution in [2.75, 3.05) is 14.2 Å². The van der Waals surface area contributed by atoms with Crippen molar-refractivity contribution < 1.29 is 33.0 Å². The Hall–Kier alpha value is -4.17. The number of ether oxygens (including phenoxy) is 2. The van der Waals surface area contributed by atoms with Crippen LogP contribution in [0.15, 0.2) is 81.0 Å². The lowest BCUT2D eigenvalue weighted by atomic mass is 9.94. The number of carbonyl (C=O) groups excluding carboxylic acids is 2. The van der Waals surface area contributed by atoms with Gasteiger partial charge in [0.1, 0.15) is 11.5 Å². The number of hydrogen-bond donors (Lipinski definition) is 1. The zero-order valence-electron chi connectivity index (χ0n) is 18.8. The molecular weight excluding hydrogens is 474 g/mol. The van der Waals surface area contributed by atoms with E-state index in [1.54, 1.807) is 48.5 Å². The molecule has 3 heterocycles. The molecule has 0 fully saturated rings. The number of halogens is 1. The predicted molar refractivity (Wildman–Crippen MR) is 127 cm³/mol. The Bertz CT molecular complexity index is 1470. The number of Topliss-reactive ketones (excluding diaryl/α,β-unsaturated/α-hetero) is 1. The first-order chi connectivity index (χ1) is 16.9. The summed E-state index contributed by atoms with van der Waals surface area (Å²) in [5, 5.41) is 11.8. The van der Waals surface area contributed by atoms with E-state index in [0.29, 0.717) is 38.8 Å². The smallest absolute Gasteiger partial charge is 0.290 e. The van der Waals surface area contributed by atoms with E-state index >= 15 is 0 Å². The van der Waals surface area contributed by atoms with E-state index in [4.69, 9.17) is 29.9 Å². The summed E-state index contributed by atoms with van der Waals surface area (Å²) < 4.78 is 21.9. The van der Waals surface area contributed by atoms with Crippen molar-refractivity contribution in [3.63, 3.8) is 0 Å². The minimum atomic E-state index is -0.908. The molecule has 0 saturated carbocycles. The molecule has 0 spiro atoms. The Labute approximate surface area is 204 Å². The van der Waals surface area contributed by atoms with Crippen molar-refractivity contribution in [2.24, 2.45) is 0 Å². The maximum absolute atomic E-state index is 13.7. The van der Waals surface area contributed by atoms with Gasteiger partial charge in [0.15, 0.2) is 22.9 Å². The molecule has 8 nitrogen and oxygen atoms in total. The number of benzene rings is 2. The van der Waals surface area contributed by atoms with Gasteiger partial charge in [-0.15, -0.1) is 0 Å². The third-order valence-electron chi connectivity index (χ3n) is 5.85. The van der Waals surface area contributed by atoms with Gasteiger partial charge in [0, 0.05) is 16.5 Å². The second-order valence-corrected chi connectivity index (χ2v) is 8.36. The standard InChI is InChI=1S/C26H20ClNO7/c1-32-17-6-3-5-14(10-17)22-21(24(30)26(31)28(22)13-18-7-4-8-34-18)23(29)19-11-15-9-16(27)12-20(33-2)25(15)35-19/h3-12,22,30H,13H2,1-2H3. The fraction of sp³-hybridized carbons (Fsp3) is 0.154. The van der Waals surface area contributed by atoms with Gasteiger partial charge in [0.05, 0.1) is 38.6 Å². The van der Waals surface area contributed by atoms with Gasteiger partial charge in [-0.1, -0.05) is 23.7 Å². The van der Waals surface area contributed by atoms with Crippen LogP contribution in [0.2, 0.25) is 5.02 Å². The molecule has 35 heavy (non-hydrogen) atoms. The molecule has 5 rings (SSSR count). The van der Waals surface area contributed by atoms with E-state index in [2.05, 4.69) is 0 Å². The van der Waals surface area contributed by atoms with Crippen LogP contribution in [-0.4, -0.2) is 35.9 Å². The van der Waals surface area contributed by atoms with Crippen molar-refractivity contribution >= 4 is 34.3 Å². The van der Waals surface area contributed by atoms with Crippen LogP contribution in [0, 0.1) is 0 Å². The van der Waals surface area contributed by atoms with E-state index in [-0.39, 0.29) is 17.9 Å². The largest absolute Gasteiger partial charge is 0.503 e. The normalized spacial score (nSPS) is 15.8. The van der Waals surface area contributed by atoms with Gasteiger partial charge in [0.2, 0.25) is 5.78 Å². The van der Waals surface area contributed by atoms with Gasteiger partial charge in [-0.05, 0) is 42.0 Å². The molecule has 1 unspecified atom stereocenters. The molecule has 1 amide bonds. The summed E-state index contributed by atoms with van der Waals surface area (Å²) in [6.07, 6.45) is 1.49. The molecule has 0 saturated heterocycles. The number of hydrogen-bond acceptors (Lipinski definition) is 7. The first-order valence-electron chi connectivity index (χ1n) is 10.6. The third-order valence-corrected chi connectivity index (χ3v) is 6.07. The van der Waals surface area contributed by atoms with Crippen molar-refractivity contribution in [1.82, 2.24) is 4.90 Å². The van der Waals surface area contributed by atoms with Crippen molar-refractivity contribution in [1.29, 1.82) is 0 Å². The number of nitrogens with zero attached hydrogens (tertiary/aromatic N) is 1. The van der Waals surface area contributed by atoms with Crippen LogP contribution >= 0.6 is 11.6 Å². The fourth-order valence-electron chi connectivity index (χ4n) is 4.26. The summed E-state index contributed by atoms with van der Waals surface area (Å²) in [5.41, 5.74) is 0.794. The summed E-state index contributed by atoms with van der Waals surface area (Å²) in [5.74, 6) is -0.669. The van der Waals surface area contributed by atoms with Crippen LogP contribution in [0.25, 0.3) is 11.0 Å². The minimum absolute atomic E-state index is 0.0398. The van der Waals surface area contributed by atoms with Crippen LogP contribution in [0.1, 0.15) is 27.9 Å². The SMILES string of the molecule is COc1cccc(C2C(C(=O)c3cc4cc(Cl)cc(OC)c4o3)=C(O)C(=O)N2Cc2ccco2)c1. The lowest BCUT2D eigenvalue weighted by Gasteiger charge is -2.26. The molecule has 1 aliphatic rings. The second kappa shape index (κ2) is 8.88. The van der Waals surface area contributed by atoms with E-state index in [0.717, 1.165) is 0 Å². The van der Waals surface area contributed by atoms with Gasteiger partial charge < -0.3 is 28.3 Å². The number of ketones is 1. The van der Waals surface area contributed by atoms with Crippen LogP contribution < -0.4 is 9.47 Å². The monoisotopic (exact) mass is 493 g/mol. The zero-order chi connectivity index (χ0) is 24.7. The van der Waals surface area contributed by atoms with Gasteiger partial charge in [-0.3, -0.25) is 9.59 Å². The highest BCUT2D eigenvalue weighted by Gasteiger charge is 2.45. The van der Waals surface area contributed by atoms with Crippen molar-refractivity contribution in [3.8, 4) is 11.5 Å². The molecule has 4 aromatic rings. The number of furan rings is 2. The third kappa shape index (κ3) is 3.91. The van der Waals surface area contributed by atoms with Gasteiger partial charge in [-0.2, -0.15) is 0 Å². The Morgan fingerprint density at radius 3 is 2.66 bits per heavy atom. The Morgan fingerprint density at radius 2 is 1.94 bits per heavy atom. The van der Waals surface area contributed by atoms with E-state index in [9.17, 15) is 14.7 Å². The van der Waals surface area contributed by atoms with Crippen molar-refractivity contribution in [2.45, 2.75) is 12.6 Å². The van der Waals surface area contributed by atoms with Gasteiger partial charge in [-0.25, -0.2) is 0 Å². The summed E-state index contributed by atoms with van der Waals surface area (Å²) in [6, 6.07) is 14.2. The van der Waals surface area contributed by atoms with Crippen LogP contribution in [0.5, 0.6) is 11.5 Å². The topological polar surface area (TPSA) is 102 Å². The van der Waals surface area contributed by atoms with E-state index < -0.39 is 23.5 Å². The second-order valence-electron chi connectivity index (χ2n) is 7.92. The molecule has 9 heteroatoms. The number of carbonyl (C=O) groups is 2. The highest BCUT2D eigenvalue weighted by molar-refractivity contribution is 6.31. The number of aliphatic hydroxyl groups is 1. The van der Waals surface area contributed by atoms with Crippen LogP contribution in [0.3, 0.4) is 0 Å².